The lowest BCUT2D eigenvalue weighted by Gasteiger charge is -2.52. The third-order valence-electron chi connectivity index (χ3n) is 19.1. The molecule has 44 atom stereocenters. The maximum absolute atomic E-state index is 13.2. The van der Waals surface area contributed by atoms with E-state index in [0.29, 0.717) is 0 Å². The van der Waals surface area contributed by atoms with Crippen LogP contribution in [0.25, 0.3) is 0 Å². The molecule has 0 aliphatic carbocycles. The van der Waals surface area contributed by atoms with Crippen LogP contribution in [-0.2, 0) is 90.1 Å². The van der Waals surface area contributed by atoms with Gasteiger partial charge in [-0.15, -0.1) is 0 Å². The molecular formula is C57H96N2O44. The normalized spacial score (nSPS) is 51.6. The van der Waals surface area contributed by atoms with Crippen molar-refractivity contribution in [2.75, 3.05) is 52.9 Å². The van der Waals surface area contributed by atoms with Crippen LogP contribution >= 0.6 is 0 Å². The Labute approximate surface area is 582 Å². The van der Waals surface area contributed by atoms with Gasteiger partial charge in [-0.3, -0.25) is 9.59 Å². The summed E-state index contributed by atoms with van der Waals surface area (Å²) in [4.78, 5) is 25.9. The predicted molar refractivity (Wildman–Crippen MR) is 313 cm³/mol. The van der Waals surface area contributed by atoms with Crippen molar-refractivity contribution in [3.8, 4) is 0 Å². The van der Waals surface area contributed by atoms with E-state index in [4.69, 9.17) is 80.5 Å². The van der Waals surface area contributed by atoms with Gasteiger partial charge in [0, 0.05) is 13.8 Å². The number of carbonyl (C=O) groups excluding carboxylic acids is 2. The first-order valence-corrected chi connectivity index (χ1v) is 32.9. The molecule has 46 nitrogen and oxygen atoms in total. The summed E-state index contributed by atoms with van der Waals surface area (Å²) in [6, 6.07) is -3.75. The number of rotatable bonds is 25. The van der Waals surface area contributed by atoms with Crippen LogP contribution in [-0.4, -0.2) is 462 Å². The highest BCUT2D eigenvalue weighted by atomic mass is 16.8. The van der Waals surface area contributed by atoms with Gasteiger partial charge in [0.2, 0.25) is 11.8 Å². The SMILES string of the molecule is CC(=O)N[C@@H]1[C@@H](O[C@@H]2O[C@@H](C)[C@@H](O)[C@@H](O)[C@@H]2O)[C@H](O[C@@H]2O[C@H](CO)[C@@H](O[C@@H]3O[C@H](CO[C@H]4O[C@H](CO[C@H]5O[C@H](CO)[C@@H](O)[C@H](O)[C@@H]5O)[C@@H](O)[C@H](O[C@H]5O[C@H](CO)[C@@H](O)[C@H](O)[C@@H]5O)[C@@H]4O)[C@@H](O)[C@H](O[C@H]4O[C@H](CO)[C@@H](O)[C@H](O)[C@@H]4O)[C@@H]3O[C@H]3OC[C@@H](O)[C@H](O)[C@H]3O)[C@H](O)[C@H]2NC(C)=O)[C@@H](CO)O[C@H]1O. The summed E-state index contributed by atoms with van der Waals surface area (Å²) in [5, 5.41) is 279. The van der Waals surface area contributed by atoms with Gasteiger partial charge in [-0.2, -0.15) is 0 Å². The second kappa shape index (κ2) is 36.4. The Balaban J connectivity index is 1.07. The largest absolute Gasteiger partial charge is 0.394 e. The average molecular weight is 1510 g/mol. The van der Waals surface area contributed by atoms with Gasteiger partial charge in [0.15, 0.2) is 56.6 Å². The van der Waals surface area contributed by atoms with Crippen LogP contribution in [0.4, 0.5) is 0 Å². The highest BCUT2D eigenvalue weighted by Crippen LogP contribution is 2.40. The zero-order chi connectivity index (χ0) is 75.6. The molecule has 598 valence electrons. The van der Waals surface area contributed by atoms with Crippen molar-refractivity contribution in [2.24, 2.45) is 0 Å². The standard InChI is InChI=1S/C57H96N2O44/c1-12-25(68)33(76)39(82)54(90-12)100-45-24(59-14(3)66)49(86)91-20(8-64)44(45)99-50-23(58-13(2)65)32(75)43(19(7-63)95-50)98-57-48(103-52-37(80)26(69)15(67)9-87-52)47(102-56-41(84)36(79)29(72)18(6-62)94-56)31(74)22(97-57)11-89-53-42(85)46(101-55-40(83)35(78)28(71)17(5-61)93-55)30(73)21(96-53)10-88-51-38(81)34(77)27(70)16(4-60)92-51/h12,15-57,60-64,67-86H,4-11H2,1-3H3,(H,58,65)(H,59,66)/t12-,15+,16+,17+,18+,19+,20+,21+,22+,23+,24+,25+,26-,27+,28+,29+,30+,31+,32+,33+,34-,35-,36-,37+,38-,39-,40-,41-,42-,43+,44+,45+,46-,47-,48-,49+,50-,51-,52+,53-,54-,55+,56+,57-/m0/s1. The number of carbonyl (C=O) groups is 2. The van der Waals surface area contributed by atoms with Gasteiger partial charge in [-0.05, 0) is 6.92 Å². The number of aliphatic hydroxyl groups excluding tert-OH is 25. The molecule has 9 aliphatic rings. The molecule has 0 unspecified atom stereocenters. The monoisotopic (exact) mass is 1510 g/mol. The number of hydrogen-bond acceptors (Lipinski definition) is 44. The number of hydrogen-bond donors (Lipinski definition) is 27. The molecule has 0 spiro atoms. The lowest BCUT2D eigenvalue weighted by molar-refractivity contribution is -0.406. The number of amides is 2. The molecule has 9 saturated heterocycles. The fourth-order valence-electron chi connectivity index (χ4n) is 13.2. The van der Waals surface area contributed by atoms with Crippen LogP contribution in [0.15, 0.2) is 0 Å². The minimum Gasteiger partial charge on any atom is -0.394 e. The molecule has 0 aromatic carbocycles. The maximum Gasteiger partial charge on any atom is 0.217 e. The first kappa shape index (κ1) is 84.3. The summed E-state index contributed by atoms with van der Waals surface area (Å²) in [6.07, 6.45) is -86.0. The summed E-state index contributed by atoms with van der Waals surface area (Å²) in [7, 11) is 0. The van der Waals surface area contributed by atoms with E-state index in [1.54, 1.807) is 0 Å². The number of ether oxygens (including phenoxy) is 17. The second-order valence-corrected chi connectivity index (χ2v) is 26.3. The zero-order valence-corrected chi connectivity index (χ0v) is 55.0. The number of aliphatic hydroxyl groups is 25. The minimum absolute atomic E-state index is 0.799. The van der Waals surface area contributed by atoms with Crippen molar-refractivity contribution in [1.82, 2.24) is 10.6 Å². The summed E-state index contributed by atoms with van der Waals surface area (Å²) >= 11 is 0. The Hall–Kier alpha value is -2.74. The fourth-order valence-corrected chi connectivity index (χ4v) is 13.2. The van der Waals surface area contributed by atoms with Crippen LogP contribution in [0.2, 0.25) is 0 Å². The van der Waals surface area contributed by atoms with E-state index >= 15 is 0 Å². The van der Waals surface area contributed by atoms with E-state index < -0.39 is 335 Å². The van der Waals surface area contributed by atoms with E-state index in [-0.39, 0.29) is 0 Å². The molecule has 0 radical (unpaired) electrons. The first-order chi connectivity index (χ1) is 48.7. The van der Waals surface area contributed by atoms with Gasteiger partial charge in [0.05, 0.1) is 59.0 Å². The molecule has 0 saturated carbocycles. The molecule has 9 fully saturated rings. The fraction of sp³-hybridized carbons (Fsp3) is 0.965. The number of nitrogens with one attached hydrogen (secondary N) is 2. The van der Waals surface area contributed by atoms with Crippen molar-refractivity contribution in [3.05, 3.63) is 0 Å². The van der Waals surface area contributed by atoms with Crippen molar-refractivity contribution in [3.63, 3.8) is 0 Å². The summed E-state index contributed by atoms with van der Waals surface area (Å²) in [5.41, 5.74) is 0. The van der Waals surface area contributed by atoms with Crippen LogP contribution in [0, 0.1) is 0 Å². The third kappa shape index (κ3) is 18.3. The lowest BCUT2D eigenvalue weighted by Crippen LogP contribution is -2.71. The van der Waals surface area contributed by atoms with Gasteiger partial charge >= 0.3 is 0 Å². The molecule has 9 aliphatic heterocycles. The Morgan fingerprint density at radius 3 is 1.19 bits per heavy atom. The van der Waals surface area contributed by atoms with E-state index in [2.05, 4.69) is 10.6 Å². The highest BCUT2D eigenvalue weighted by Gasteiger charge is 2.61. The van der Waals surface area contributed by atoms with Crippen LogP contribution < -0.4 is 10.6 Å². The average Bonchev–Trinajstić information content (AvgIpc) is 0.764. The molecule has 2 amide bonds. The van der Waals surface area contributed by atoms with Crippen molar-refractivity contribution >= 4 is 11.8 Å². The van der Waals surface area contributed by atoms with Crippen LogP contribution in [0.3, 0.4) is 0 Å². The van der Waals surface area contributed by atoms with E-state index in [9.17, 15) is 137 Å². The topological polar surface area (TPSA) is 721 Å². The molecule has 27 N–H and O–H groups in total. The summed E-state index contributed by atoms with van der Waals surface area (Å²) < 4.78 is 100. The third-order valence-corrected chi connectivity index (χ3v) is 19.1. The molecule has 0 bridgehead atoms. The van der Waals surface area contributed by atoms with Gasteiger partial charge in [-0.25, -0.2) is 0 Å². The molecule has 0 aromatic rings. The van der Waals surface area contributed by atoms with Gasteiger partial charge < -0.3 is 219 Å². The van der Waals surface area contributed by atoms with Gasteiger partial charge in [-0.1, -0.05) is 0 Å². The Morgan fingerprint density at radius 2 is 0.680 bits per heavy atom. The Bertz CT molecular complexity index is 2640. The molecule has 103 heavy (non-hydrogen) atoms. The molecule has 9 heterocycles. The minimum atomic E-state index is -2.44. The predicted octanol–water partition coefficient (Wildman–Crippen LogP) is -18.7. The molecular weight excluding hydrogens is 1420 g/mol. The quantitative estimate of drug-likeness (QED) is 0.0404. The zero-order valence-electron chi connectivity index (χ0n) is 55.0. The first-order valence-electron chi connectivity index (χ1n) is 32.9. The lowest BCUT2D eigenvalue weighted by atomic mass is 9.93. The van der Waals surface area contributed by atoms with Gasteiger partial charge in [0.1, 0.15) is 207 Å². The molecule has 9 rings (SSSR count). The van der Waals surface area contributed by atoms with Crippen LogP contribution in [0.5, 0.6) is 0 Å². The van der Waals surface area contributed by atoms with Crippen molar-refractivity contribution < 1.29 is 218 Å². The van der Waals surface area contributed by atoms with Crippen molar-refractivity contribution in [2.45, 2.75) is 291 Å². The Kier molecular flexibility index (Phi) is 29.8. The van der Waals surface area contributed by atoms with E-state index in [1.807, 2.05) is 0 Å². The molecule has 46 heteroatoms. The summed E-state index contributed by atoms with van der Waals surface area (Å²) in [6.45, 7) is -5.08. The second-order valence-electron chi connectivity index (χ2n) is 26.3. The smallest absolute Gasteiger partial charge is 0.217 e. The maximum atomic E-state index is 13.2. The van der Waals surface area contributed by atoms with Crippen LogP contribution in [0.1, 0.15) is 20.8 Å². The summed E-state index contributed by atoms with van der Waals surface area (Å²) in [5.74, 6) is -1.82. The molecule has 0 aromatic heterocycles. The van der Waals surface area contributed by atoms with E-state index in [0.717, 1.165) is 13.8 Å². The van der Waals surface area contributed by atoms with E-state index in [1.165, 1.54) is 6.92 Å². The highest BCUT2D eigenvalue weighted by molar-refractivity contribution is 5.73. The van der Waals surface area contributed by atoms with Gasteiger partial charge in [0.25, 0.3) is 0 Å². The Morgan fingerprint density at radius 1 is 0.311 bits per heavy atom. The van der Waals surface area contributed by atoms with Crippen molar-refractivity contribution in [1.29, 1.82) is 0 Å².